The summed E-state index contributed by atoms with van der Waals surface area (Å²) >= 11 is 1.30. The monoisotopic (exact) mass is 371 g/mol. The third-order valence-corrected chi connectivity index (χ3v) is 4.60. The Morgan fingerprint density at radius 3 is 2.50 bits per heavy atom. The number of anilines is 1. The molecule has 0 aliphatic carbocycles. The summed E-state index contributed by atoms with van der Waals surface area (Å²) in [5, 5.41) is 12.0. The molecule has 3 rings (SSSR count). The van der Waals surface area contributed by atoms with E-state index in [0.29, 0.717) is 17.3 Å². The molecule has 2 aromatic carbocycles. The van der Waals surface area contributed by atoms with Crippen molar-refractivity contribution in [1.29, 1.82) is 0 Å². The summed E-state index contributed by atoms with van der Waals surface area (Å²) in [6, 6.07) is 13.5. The molecule has 26 heavy (non-hydrogen) atoms. The fourth-order valence-corrected chi connectivity index (χ4v) is 3.02. The van der Waals surface area contributed by atoms with Crippen LogP contribution in [-0.4, -0.2) is 22.2 Å². The predicted molar refractivity (Wildman–Crippen MR) is 99.8 cm³/mol. The average molecular weight is 371 g/mol. The van der Waals surface area contributed by atoms with E-state index < -0.39 is 6.10 Å². The Bertz CT molecular complexity index is 879. The van der Waals surface area contributed by atoms with Crippen molar-refractivity contribution in [2.75, 3.05) is 5.32 Å². The van der Waals surface area contributed by atoms with Crippen molar-refractivity contribution in [2.24, 2.45) is 0 Å². The van der Waals surface area contributed by atoms with Crippen LogP contribution in [-0.2, 0) is 4.79 Å². The summed E-state index contributed by atoms with van der Waals surface area (Å²) in [5.41, 5.74) is 2.11. The lowest BCUT2D eigenvalue weighted by Gasteiger charge is -2.16. The third-order valence-electron chi connectivity index (χ3n) is 3.71. The second kappa shape index (κ2) is 8.05. The molecular formula is C19H18FN3O2S. The standard InChI is InChI=1S/C19H18FN3O2S/c1-3-16(25-15-10-8-14(20)9-11-15)17(24)21-19-23-22-18(26-19)13-6-4-12(2)5-7-13/h4-11,16H,3H2,1-2H3,(H,21,23,24). The highest BCUT2D eigenvalue weighted by Gasteiger charge is 2.20. The molecule has 5 nitrogen and oxygen atoms in total. The van der Waals surface area contributed by atoms with Gasteiger partial charge in [-0.2, -0.15) is 0 Å². The fourth-order valence-electron chi connectivity index (χ4n) is 2.27. The molecular weight excluding hydrogens is 353 g/mol. The second-order valence-electron chi connectivity index (χ2n) is 5.74. The van der Waals surface area contributed by atoms with Crippen molar-refractivity contribution in [3.63, 3.8) is 0 Å². The minimum absolute atomic E-state index is 0.316. The van der Waals surface area contributed by atoms with Gasteiger partial charge in [0.05, 0.1) is 0 Å². The van der Waals surface area contributed by atoms with Crippen LogP contribution in [0.15, 0.2) is 48.5 Å². The molecule has 0 saturated heterocycles. The molecule has 0 spiro atoms. The molecule has 0 saturated carbocycles. The number of benzene rings is 2. The minimum Gasteiger partial charge on any atom is -0.481 e. The van der Waals surface area contributed by atoms with E-state index in [9.17, 15) is 9.18 Å². The zero-order chi connectivity index (χ0) is 18.5. The highest BCUT2D eigenvalue weighted by Crippen LogP contribution is 2.26. The Kier molecular flexibility index (Phi) is 5.58. The first kappa shape index (κ1) is 18.0. The van der Waals surface area contributed by atoms with E-state index in [4.69, 9.17) is 4.74 Å². The zero-order valence-corrected chi connectivity index (χ0v) is 15.2. The topological polar surface area (TPSA) is 64.1 Å². The van der Waals surface area contributed by atoms with Crippen molar-refractivity contribution in [1.82, 2.24) is 10.2 Å². The number of amides is 1. The smallest absolute Gasteiger partial charge is 0.267 e. The molecule has 1 heterocycles. The van der Waals surface area contributed by atoms with Gasteiger partial charge >= 0.3 is 0 Å². The molecule has 0 bridgehead atoms. The maximum absolute atomic E-state index is 13.0. The number of aryl methyl sites for hydroxylation is 1. The SMILES string of the molecule is CCC(Oc1ccc(F)cc1)C(=O)Nc1nnc(-c2ccc(C)cc2)s1. The summed E-state index contributed by atoms with van der Waals surface area (Å²) in [5.74, 6) is -0.234. The molecule has 1 aromatic heterocycles. The number of carbonyl (C=O) groups is 1. The lowest BCUT2D eigenvalue weighted by Crippen LogP contribution is -2.32. The van der Waals surface area contributed by atoms with Crippen LogP contribution >= 0.6 is 11.3 Å². The molecule has 1 amide bonds. The number of rotatable bonds is 6. The largest absolute Gasteiger partial charge is 0.481 e. The lowest BCUT2D eigenvalue weighted by atomic mass is 10.2. The molecule has 7 heteroatoms. The number of nitrogens with zero attached hydrogens (tertiary/aromatic N) is 2. The van der Waals surface area contributed by atoms with Crippen molar-refractivity contribution in [3.05, 3.63) is 59.9 Å². The van der Waals surface area contributed by atoms with E-state index in [1.165, 1.54) is 35.6 Å². The third kappa shape index (κ3) is 4.43. The molecule has 1 unspecified atom stereocenters. The van der Waals surface area contributed by atoms with Crippen LogP contribution in [0.4, 0.5) is 9.52 Å². The van der Waals surface area contributed by atoms with Gasteiger partial charge in [0.2, 0.25) is 5.13 Å². The van der Waals surface area contributed by atoms with Gasteiger partial charge in [-0.1, -0.05) is 48.1 Å². The van der Waals surface area contributed by atoms with Crippen LogP contribution in [0.5, 0.6) is 5.75 Å². The van der Waals surface area contributed by atoms with Crippen molar-refractivity contribution in [3.8, 4) is 16.3 Å². The first-order valence-corrected chi connectivity index (χ1v) is 9.00. The molecule has 0 aliphatic heterocycles. The quantitative estimate of drug-likeness (QED) is 0.695. The molecule has 1 atom stereocenters. The second-order valence-corrected chi connectivity index (χ2v) is 6.71. The summed E-state index contributed by atoms with van der Waals surface area (Å²) in [6.45, 7) is 3.85. The van der Waals surface area contributed by atoms with Gasteiger partial charge in [-0.3, -0.25) is 10.1 Å². The summed E-state index contributed by atoms with van der Waals surface area (Å²) in [4.78, 5) is 12.4. The van der Waals surface area contributed by atoms with Crippen molar-refractivity contribution in [2.45, 2.75) is 26.4 Å². The van der Waals surface area contributed by atoms with Crippen LogP contribution < -0.4 is 10.1 Å². The van der Waals surface area contributed by atoms with Gasteiger partial charge in [0.25, 0.3) is 5.91 Å². The first-order valence-electron chi connectivity index (χ1n) is 8.19. The molecule has 0 radical (unpaired) electrons. The van der Waals surface area contributed by atoms with Crippen LogP contribution in [0.25, 0.3) is 10.6 Å². The predicted octanol–water partition coefficient (Wildman–Crippen LogP) is 4.45. The summed E-state index contributed by atoms with van der Waals surface area (Å²) in [6.07, 6.45) is -0.237. The van der Waals surface area contributed by atoms with Crippen molar-refractivity contribution >= 4 is 22.4 Å². The Labute approximate surface area is 154 Å². The molecule has 0 fully saturated rings. The molecule has 0 aliphatic rings. The maximum Gasteiger partial charge on any atom is 0.267 e. The summed E-state index contributed by atoms with van der Waals surface area (Å²) in [7, 11) is 0. The highest BCUT2D eigenvalue weighted by atomic mass is 32.1. The number of halogens is 1. The van der Waals surface area contributed by atoms with E-state index >= 15 is 0 Å². The number of hydrogen-bond acceptors (Lipinski definition) is 5. The number of carbonyl (C=O) groups excluding carboxylic acids is 1. The van der Waals surface area contributed by atoms with Gasteiger partial charge < -0.3 is 4.74 Å². The highest BCUT2D eigenvalue weighted by molar-refractivity contribution is 7.18. The van der Waals surface area contributed by atoms with E-state index in [1.807, 2.05) is 38.1 Å². The van der Waals surface area contributed by atoms with Crippen LogP contribution in [0.2, 0.25) is 0 Å². The molecule has 3 aromatic rings. The van der Waals surface area contributed by atoms with Gasteiger partial charge in [0, 0.05) is 5.56 Å². The van der Waals surface area contributed by atoms with E-state index in [-0.39, 0.29) is 11.7 Å². The van der Waals surface area contributed by atoms with Crippen molar-refractivity contribution < 1.29 is 13.9 Å². The first-order chi connectivity index (χ1) is 12.5. The number of nitrogens with one attached hydrogen (secondary N) is 1. The zero-order valence-electron chi connectivity index (χ0n) is 14.4. The van der Waals surface area contributed by atoms with E-state index in [1.54, 1.807) is 0 Å². The van der Waals surface area contributed by atoms with Gasteiger partial charge in [-0.05, 0) is 37.6 Å². The number of hydrogen-bond donors (Lipinski definition) is 1. The Hall–Kier alpha value is -2.80. The van der Waals surface area contributed by atoms with Gasteiger partial charge in [0.1, 0.15) is 16.6 Å². The van der Waals surface area contributed by atoms with Gasteiger partial charge in [-0.25, -0.2) is 4.39 Å². The Morgan fingerprint density at radius 2 is 1.85 bits per heavy atom. The van der Waals surface area contributed by atoms with Gasteiger partial charge in [-0.15, -0.1) is 10.2 Å². The van der Waals surface area contributed by atoms with Crippen LogP contribution in [0, 0.1) is 12.7 Å². The lowest BCUT2D eigenvalue weighted by molar-refractivity contribution is -0.122. The number of ether oxygens (including phenoxy) is 1. The van der Waals surface area contributed by atoms with E-state index in [0.717, 1.165) is 16.1 Å². The van der Waals surface area contributed by atoms with E-state index in [2.05, 4.69) is 15.5 Å². The Morgan fingerprint density at radius 1 is 1.15 bits per heavy atom. The molecule has 1 N–H and O–H groups in total. The summed E-state index contributed by atoms with van der Waals surface area (Å²) < 4.78 is 18.6. The van der Waals surface area contributed by atoms with Crippen LogP contribution in [0.3, 0.4) is 0 Å². The van der Waals surface area contributed by atoms with Gasteiger partial charge in [0.15, 0.2) is 6.10 Å². The maximum atomic E-state index is 13.0. The Balaban J connectivity index is 1.66. The molecule has 134 valence electrons. The fraction of sp³-hybridized carbons (Fsp3) is 0.211. The normalized spacial score (nSPS) is 11.8. The average Bonchev–Trinajstić information content (AvgIpc) is 3.10. The number of aromatic nitrogens is 2. The minimum atomic E-state index is -0.702. The van der Waals surface area contributed by atoms with Crippen LogP contribution in [0.1, 0.15) is 18.9 Å².